The van der Waals surface area contributed by atoms with Crippen LogP contribution in [0.3, 0.4) is 0 Å². The number of halogens is 1. The summed E-state index contributed by atoms with van der Waals surface area (Å²) in [5.41, 5.74) is 1.51. The topological polar surface area (TPSA) is 38.3 Å². The van der Waals surface area contributed by atoms with E-state index in [9.17, 15) is 4.79 Å². The van der Waals surface area contributed by atoms with Gasteiger partial charge in [-0.15, -0.1) is 0 Å². The van der Waals surface area contributed by atoms with Crippen LogP contribution in [0.5, 0.6) is 5.75 Å². The smallest absolute Gasteiger partial charge is 0.225 e. The Hall–Kier alpha value is -2.00. The van der Waals surface area contributed by atoms with Crippen LogP contribution in [-0.4, -0.2) is 13.0 Å². The van der Waals surface area contributed by atoms with Crippen molar-refractivity contribution in [1.82, 2.24) is 5.32 Å². The van der Waals surface area contributed by atoms with E-state index in [0.717, 1.165) is 16.9 Å². The van der Waals surface area contributed by atoms with Crippen LogP contribution in [-0.2, 0) is 16.8 Å². The summed E-state index contributed by atoms with van der Waals surface area (Å²) in [4.78, 5) is 12.3. The lowest BCUT2D eigenvalue weighted by molar-refractivity contribution is -0.122. The highest BCUT2D eigenvalue weighted by Gasteiger charge is 2.22. The Morgan fingerprint density at radius 3 is 2.23 bits per heavy atom. The van der Waals surface area contributed by atoms with E-state index >= 15 is 0 Å². The van der Waals surface area contributed by atoms with Crippen molar-refractivity contribution in [2.75, 3.05) is 7.11 Å². The average Bonchev–Trinajstić information content (AvgIpc) is 2.48. The Morgan fingerprint density at radius 2 is 1.68 bits per heavy atom. The summed E-state index contributed by atoms with van der Waals surface area (Å²) < 4.78 is 5.11. The fourth-order valence-electron chi connectivity index (χ4n) is 2.26. The van der Waals surface area contributed by atoms with Crippen LogP contribution in [0.25, 0.3) is 0 Å². The van der Waals surface area contributed by atoms with Crippen molar-refractivity contribution in [2.24, 2.45) is 0 Å². The molecule has 2 aromatic rings. The van der Waals surface area contributed by atoms with Crippen molar-refractivity contribution in [1.29, 1.82) is 0 Å². The number of nitrogens with one attached hydrogen (secondary N) is 1. The number of methoxy groups -OCH3 is 1. The molecule has 2 aromatic carbocycles. The molecule has 0 saturated carbocycles. The SMILES string of the molecule is COc1ccc(CC(=O)NC(C)(C)c2ccc(Cl)cc2)cc1. The molecule has 0 heterocycles. The zero-order chi connectivity index (χ0) is 16.2. The van der Waals surface area contributed by atoms with E-state index in [-0.39, 0.29) is 5.91 Å². The highest BCUT2D eigenvalue weighted by atomic mass is 35.5. The van der Waals surface area contributed by atoms with Crippen LogP contribution in [0, 0.1) is 0 Å². The standard InChI is InChI=1S/C18H20ClNO2/c1-18(2,14-6-8-15(19)9-7-14)20-17(21)12-13-4-10-16(22-3)11-5-13/h4-11H,12H2,1-3H3,(H,20,21). The van der Waals surface area contributed by atoms with Gasteiger partial charge in [0.2, 0.25) is 5.91 Å². The van der Waals surface area contributed by atoms with Crippen LogP contribution in [0.2, 0.25) is 5.02 Å². The molecular formula is C18H20ClNO2. The molecule has 0 radical (unpaired) electrons. The highest BCUT2D eigenvalue weighted by molar-refractivity contribution is 6.30. The Labute approximate surface area is 136 Å². The van der Waals surface area contributed by atoms with Gasteiger partial charge in [-0.2, -0.15) is 0 Å². The summed E-state index contributed by atoms with van der Waals surface area (Å²) in [5, 5.41) is 3.74. The van der Waals surface area contributed by atoms with E-state index in [1.54, 1.807) is 7.11 Å². The fourth-order valence-corrected chi connectivity index (χ4v) is 2.39. The predicted molar refractivity (Wildman–Crippen MR) is 89.3 cm³/mol. The zero-order valence-electron chi connectivity index (χ0n) is 13.0. The van der Waals surface area contributed by atoms with E-state index in [1.807, 2.05) is 62.4 Å². The lowest BCUT2D eigenvalue weighted by atomic mass is 9.94. The maximum absolute atomic E-state index is 12.3. The average molecular weight is 318 g/mol. The maximum Gasteiger partial charge on any atom is 0.225 e. The van der Waals surface area contributed by atoms with Crippen LogP contribution >= 0.6 is 11.6 Å². The lowest BCUT2D eigenvalue weighted by Gasteiger charge is -2.27. The van der Waals surface area contributed by atoms with Crippen molar-refractivity contribution in [3.8, 4) is 5.75 Å². The van der Waals surface area contributed by atoms with Gasteiger partial charge in [0.05, 0.1) is 19.1 Å². The van der Waals surface area contributed by atoms with Gasteiger partial charge in [-0.25, -0.2) is 0 Å². The second-order valence-corrected chi connectivity index (χ2v) is 6.14. The molecule has 0 fully saturated rings. The summed E-state index contributed by atoms with van der Waals surface area (Å²) >= 11 is 5.90. The molecule has 2 rings (SSSR count). The van der Waals surface area contributed by atoms with Gasteiger partial charge in [-0.05, 0) is 49.2 Å². The van der Waals surface area contributed by atoms with Gasteiger partial charge in [0.25, 0.3) is 0 Å². The number of hydrogen-bond acceptors (Lipinski definition) is 2. The first-order valence-electron chi connectivity index (χ1n) is 7.11. The van der Waals surface area contributed by atoms with Crippen LogP contribution in [0.1, 0.15) is 25.0 Å². The molecule has 3 nitrogen and oxygen atoms in total. The lowest BCUT2D eigenvalue weighted by Crippen LogP contribution is -2.41. The number of rotatable bonds is 5. The first-order valence-corrected chi connectivity index (χ1v) is 7.48. The minimum Gasteiger partial charge on any atom is -0.497 e. The monoisotopic (exact) mass is 317 g/mol. The van der Waals surface area contributed by atoms with Crippen molar-refractivity contribution in [2.45, 2.75) is 25.8 Å². The molecule has 116 valence electrons. The highest BCUT2D eigenvalue weighted by Crippen LogP contribution is 2.22. The molecule has 0 saturated heterocycles. The molecule has 0 spiro atoms. The molecular weight excluding hydrogens is 298 g/mol. The van der Waals surface area contributed by atoms with Gasteiger partial charge in [0, 0.05) is 5.02 Å². The first-order chi connectivity index (χ1) is 10.4. The van der Waals surface area contributed by atoms with Gasteiger partial charge >= 0.3 is 0 Å². The fraction of sp³-hybridized carbons (Fsp3) is 0.278. The minimum absolute atomic E-state index is 0.0230. The Kier molecular flexibility index (Phi) is 5.09. The molecule has 0 aliphatic carbocycles. The second kappa shape index (κ2) is 6.84. The van der Waals surface area contributed by atoms with E-state index in [1.165, 1.54) is 0 Å². The molecule has 1 amide bonds. The predicted octanol–water partition coefficient (Wildman–Crippen LogP) is 3.94. The van der Waals surface area contributed by atoms with Crippen LogP contribution in [0.15, 0.2) is 48.5 Å². The number of carbonyl (C=O) groups is 1. The van der Waals surface area contributed by atoms with Gasteiger partial charge in [0.1, 0.15) is 5.75 Å². The quantitative estimate of drug-likeness (QED) is 0.907. The molecule has 0 bridgehead atoms. The number of benzene rings is 2. The number of amides is 1. The van der Waals surface area contributed by atoms with Crippen molar-refractivity contribution in [3.63, 3.8) is 0 Å². The van der Waals surface area contributed by atoms with Gasteiger partial charge in [0.15, 0.2) is 0 Å². The largest absolute Gasteiger partial charge is 0.497 e. The summed E-state index contributed by atoms with van der Waals surface area (Å²) in [6.07, 6.45) is 0.334. The Morgan fingerprint density at radius 1 is 1.09 bits per heavy atom. The minimum atomic E-state index is -0.450. The van der Waals surface area contributed by atoms with Gasteiger partial charge in [-0.3, -0.25) is 4.79 Å². The molecule has 0 aromatic heterocycles. The first kappa shape index (κ1) is 16.4. The number of carbonyl (C=O) groups excluding carboxylic acids is 1. The Bertz CT molecular complexity index is 633. The maximum atomic E-state index is 12.3. The molecule has 22 heavy (non-hydrogen) atoms. The van der Waals surface area contributed by atoms with Gasteiger partial charge < -0.3 is 10.1 Å². The summed E-state index contributed by atoms with van der Waals surface area (Å²) in [7, 11) is 1.62. The van der Waals surface area contributed by atoms with Crippen LogP contribution < -0.4 is 10.1 Å². The number of ether oxygens (including phenoxy) is 1. The molecule has 1 N–H and O–H groups in total. The molecule has 4 heteroatoms. The molecule has 0 unspecified atom stereocenters. The van der Waals surface area contributed by atoms with E-state index < -0.39 is 5.54 Å². The molecule has 0 aliphatic heterocycles. The van der Waals surface area contributed by atoms with Gasteiger partial charge in [-0.1, -0.05) is 35.9 Å². The number of hydrogen-bond donors (Lipinski definition) is 1. The van der Waals surface area contributed by atoms with E-state index in [4.69, 9.17) is 16.3 Å². The van der Waals surface area contributed by atoms with Crippen molar-refractivity contribution < 1.29 is 9.53 Å². The summed E-state index contributed by atoms with van der Waals surface area (Å²) in [6, 6.07) is 15.0. The molecule has 0 atom stereocenters. The second-order valence-electron chi connectivity index (χ2n) is 5.70. The third-order valence-electron chi connectivity index (χ3n) is 3.54. The van der Waals surface area contributed by atoms with E-state index in [2.05, 4.69) is 5.32 Å². The third kappa shape index (κ3) is 4.25. The van der Waals surface area contributed by atoms with Crippen molar-refractivity contribution >= 4 is 17.5 Å². The Balaban J connectivity index is 2.02. The van der Waals surface area contributed by atoms with Crippen molar-refractivity contribution in [3.05, 3.63) is 64.7 Å². The van der Waals surface area contributed by atoms with E-state index in [0.29, 0.717) is 11.4 Å². The molecule has 0 aliphatic rings. The van der Waals surface area contributed by atoms with Crippen LogP contribution in [0.4, 0.5) is 0 Å². The third-order valence-corrected chi connectivity index (χ3v) is 3.79. The zero-order valence-corrected chi connectivity index (χ0v) is 13.8. The summed E-state index contributed by atoms with van der Waals surface area (Å²) in [5.74, 6) is 0.760. The summed E-state index contributed by atoms with van der Waals surface area (Å²) in [6.45, 7) is 3.95. The normalized spacial score (nSPS) is 11.1.